The Balaban J connectivity index is 1.29. The van der Waals surface area contributed by atoms with Gasteiger partial charge < -0.3 is 19.7 Å². The molecule has 8 nitrogen and oxygen atoms in total. The Hall–Kier alpha value is -3.55. The van der Waals surface area contributed by atoms with E-state index in [1.54, 1.807) is 24.9 Å². The topological polar surface area (TPSA) is 88.2 Å². The zero-order valence-corrected chi connectivity index (χ0v) is 18.8. The van der Waals surface area contributed by atoms with Gasteiger partial charge in [0, 0.05) is 13.5 Å². The number of ether oxygens (including phenoxy) is 2. The summed E-state index contributed by atoms with van der Waals surface area (Å²) in [7, 11) is 1.75. The van der Waals surface area contributed by atoms with Crippen LogP contribution in [0, 0.1) is 0 Å². The van der Waals surface area contributed by atoms with Crippen LogP contribution in [0.25, 0.3) is 0 Å². The molecule has 3 aliphatic rings. The zero-order valence-electron chi connectivity index (χ0n) is 18.8. The van der Waals surface area contributed by atoms with Crippen LogP contribution in [0.5, 0.6) is 11.5 Å². The SMILES string of the molecule is CN(C(=O)CN1C(=O)N[C@@](C)(Cc2ccc3c(c2)OCO3)C1=O)[C@H]1CCCc2ccccc21. The largest absolute Gasteiger partial charge is 0.454 e. The first kappa shape index (κ1) is 21.3. The molecule has 0 bridgehead atoms. The van der Waals surface area contributed by atoms with Gasteiger partial charge in [0.05, 0.1) is 6.04 Å². The summed E-state index contributed by atoms with van der Waals surface area (Å²) in [6.45, 7) is 1.57. The van der Waals surface area contributed by atoms with Crippen LogP contribution in [-0.2, 0) is 22.4 Å². The summed E-state index contributed by atoms with van der Waals surface area (Å²) in [4.78, 5) is 41.7. The summed E-state index contributed by atoms with van der Waals surface area (Å²) < 4.78 is 10.7. The molecule has 2 aliphatic heterocycles. The Kier molecular flexibility index (Phi) is 5.23. The third-order valence-electron chi connectivity index (χ3n) is 6.83. The van der Waals surface area contributed by atoms with Crippen molar-refractivity contribution in [3.63, 3.8) is 0 Å². The second kappa shape index (κ2) is 8.10. The lowest BCUT2D eigenvalue weighted by molar-refractivity contribution is -0.139. The quantitative estimate of drug-likeness (QED) is 0.710. The first-order chi connectivity index (χ1) is 15.9. The van der Waals surface area contributed by atoms with Crippen LogP contribution in [-0.4, -0.2) is 53.6 Å². The van der Waals surface area contributed by atoms with Crippen molar-refractivity contribution in [3.8, 4) is 11.5 Å². The average molecular weight is 450 g/mol. The van der Waals surface area contributed by atoms with Gasteiger partial charge in [-0.2, -0.15) is 0 Å². The van der Waals surface area contributed by atoms with E-state index >= 15 is 0 Å². The van der Waals surface area contributed by atoms with Crippen molar-refractivity contribution in [3.05, 3.63) is 59.2 Å². The molecular weight excluding hydrogens is 422 g/mol. The van der Waals surface area contributed by atoms with E-state index in [0.29, 0.717) is 11.5 Å². The fourth-order valence-electron chi connectivity index (χ4n) is 5.02. The number of hydrogen-bond donors (Lipinski definition) is 1. The molecule has 2 atom stereocenters. The predicted molar refractivity (Wildman–Crippen MR) is 120 cm³/mol. The number of fused-ring (bicyclic) bond motifs is 2. The number of urea groups is 1. The Bertz CT molecular complexity index is 1130. The highest BCUT2D eigenvalue weighted by atomic mass is 16.7. The number of likely N-dealkylation sites (N-methyl/N-ethyl adjacent to an activating group) is 1. The highest BCUT2D eigenvalue weighted by Crippen LogP contribution is 2.35. The van der Waals surface area contributed by atoms with Crippen molar-refractivity contribution >= 4 is 17.8 Å². The summed E-state index contributed by atoms with van der Waals surface area (Å²) in [6.07, 6.45) is 3.14. The van der Waals surface area contributed by atoms with E-state index in [9.17, 15) is 14.4 Å². The molecule has 4 amide bonds. The number of nitrogens with zero attached hydrogens (tertiary/aromatic N) is 2. The maximum atomic E-state index is 13.2. The Morgan fingerprint density at radius 3 is 2.82 bits per heavy atom. The number of carbonyl (C=O) groups excluding carboxylic acids is 3. The van der Waals surface area contributed by atoms with E-state index in [2.05, 4.69) is 17.4 Å². The molecule has 0 spiro atoms. The molecule has 0 saturated carbocycles. The van der Waals surface area contributed by atoms with Gasteiger partial charge in [0.2, 0.25) is 12.7 Å². The molecule has 8 heteroatoms. The van der Waals surface area contributed by atoms with E-state index in [-0.39, 0.29) is 31.7 Å². The monoisotopic (exact) mass is 449 g/mol. The number of aryl methyl sites for hydroxylation is 1. The molecule has 2 aromatic rings. The van der Waals surface area contributed by atoms with Gasteiger partial charge in [-0.05, 0) is 55.0 Å². The molecule has 2 heterocycles. The lowest BCUT2D eigenvalue weighted by Crippen LogP contribution is -2.47. The minimum atomic E-state index is -1.14. The van der Waals surface area contributed by atoms with Crippen molar-refractivity contribution in [2.24, 2.45) is 0 Å². The van der Waals surface area contributed by atoms with Crippen molar-refractivity contribution in [1.29, 1.82) is 0 Å². The number of amides is 4. The fourth-order valence-corrected chi connectivity index (χ4v) is 5.02. The minimum Gasteiger partial charge on any atom is -0.454 e. The first-order valence-electron chi connectivity index (χ1n) is 11.2. The van der Waals surface area contributed by atoms with Gasteiger partial charge >= 0.3 is 6.03 Å². The summed E-state index contributed by atoms with van der Waals surface area (Å²) in [6, 6.07) is 13.0. The molecular formula is C25H27N3O5. The van der Waals surface area contributed by atoms with E-state index in [1.165, 1.54) is 5.56 Å². The van der Waals surface area contributed by atoms with E-state index in [4.69, 9.17) is 9.47 Å². The molecule has 0 radical (unpaired) electrons. The normalized spacial score (nSPS) is 23.3. The second-order valence-corrected chi connectivity index (χ2v) is 9.13. The highest BCUT2D eigenvalue weighted by molar-refractivity contribution is 6.09. The smallest absolute Gasteiger partial charge is 0.325 e. The van der Waals surface area contributed by atoms with Crippen LogP contribution in [0.1, 0.15) is 42.5 Å². The van der Waals surface area contributed by atoms with Crippen molar-refractivity contribution in [2.75, 3.05) is 20.4 Å². The number of carbonyl (C=O) groups is 3. The minimum absolute atomic E-state index is 0.0526. The van der Waals surface area contributed by atoms with Crippen molar-refractivity contribution in [1.82, 2.24) is 15.1 Å². The summed E-state index contributed by atoms with van der Waals surface area (Å²) in [5.74, 6) is 0.614. The molecule has 0 unspecified atom stereocenters. The third kappa shape index (κ3) is 3.79. The fraction of sp³-hybridized carbons (Fsp3) is 0.400. The molecule has 1 aliphatic carbocycles. The summed E-state index contributed by atoms with van der Waals surface area (Å²) >= 11 is 0. The molecule has 33 heavy (non-hydrogen) atoms. The van der Waals surface area contributed by atoms with Crippen LogP contribution < -0.4 is 14.8 Å². The molecule has 1 N–H and O–H groups in total. The zero-order chi connectivity index (χ0) is 23.2. The lowest BCUT2D eigenvalue weighted by atomic mass is 9.87. The van der Waals surface area contributed by atoms with Gasteiger partial charge in [-0.1, -0.05) is 30.3 Å². The molecule has 1 fully saturated rings. The van der Waals surface area contributed by atoms with Crippen LogP contribution in [0.4, 0.5) is 4.79 Å². The van der Waals surface area contributed by atoms with E-state index in [1.807, 2.05) is 24.3 Å². The highest BCUT2D eigenvalue weighted by Gasteiger charge is 2.48. The van der Waals surface area contributed by atoms with Crippen molar-refractivity contribution in [2.45, 2.75) is 44.2 Å². The third-order valence-corrected chi connectivity index (χ3v) is 6.83. The molecule has 172 valence electrons. The van der Waals surface area contributed by atoms with Crippen molar-refractivity contribution < 1.29 is 23.9 Å². The molecule has 5 rings (SSSR count). The number of imide groups is 1. The molecule has 1 saturated heterocycles. The van der Waals surface area contributed by atoms with Gasteiger partial charge in [-0.15, -0.1) is 0 Å². The van der Waals surface area contributed by atoms with Crippen LogP contribution in [0.15, 0.2) is 42.5 Å². The van der Waals surface area contributed by atoms with E-state index < -0.39 is 17.5 Å². The number of hydrogen-bond acceptors (Lipinski definition) is 5. The van der Waals surface area contributed by atoms with Crippen LogP contribution >= 0.6 is 0 Å². The Morgan fingerprint density at radius 2 is 1.97 bits per heavy atom. The Morgan fingerprint density at radius 1 is 1.18 bits per heavy atom. The number of benzene rings is 2. The van der Waals surface area contributed by atoms with E-state index in [0.717, 1.165) is 35.3 Å². The van der Waals surface area contributed by atoms with Gasteiger partial charge in [-0.25, -0.2) is 4.79 Å². The van der Waals surface area contributed by atoms with Gasteiger partial charge in [0.25, 0.3) is 5.91 Å². The van der Waals surface area contributed by atoms with Gasteiger partial charge in [0.15, 0.2) is 11.5 Å². The maximum Gasteiger partial charge on any atom is 0.325 e. The van der Waals surface area contributed by atoms with Gasteiger partial charge in [-0.3, -0.25) is 14.5 Å². The average Bonchev–Trinajstić information content (AvgIpc) is 3.36. The molecule has 2 aromatic carbocycles. The van der Waals surface area contributed by atoms with Crippen LogP contribution in [0.3, 0.4) is 0 Å². The maximum absolute atomic E-state index is 13.2. The summed E-state index contributed by atoms with van der Waals surface area (Å²) in [5, 5.41) is 2.78. The van der Waals surface area contributed by atoms with Crippen LogP contribution in [0.2, 0.25) is 0 Å². The van der Waals surface area contributed by atoms with Gasteiger partial charge in [0.1, 0.15) is 12.1 Å². The summed E-state index contributed by atoms with van der Waals surface area (Å²) in [5.41, 5.74) is 2.09. The lowest BCUT2D eigenvalue weighted by Gasteiger charge is -2.34. The molecule has 0 aromatic heterocycles. The number of nitrogens with one attached hydrogen (secondary N) is 1. The standard InChI is InChI=1S/C25H27N3O5/c1-25(13-16-10-11-20-21(12-16)33-15-32-20)23(30)28(24(31)26-25)14-22(29)27(2)19-9-5-7-17-6-3-4-8-18(17)19/h3-4,6,8,10-12,19H,5,7,9,13-15H2,1-2H3,(H,26,31)/t19-,25-/m0/s1. The Labute approximate surface area is 192 Å². The predicted octanol–water partition coefficient (Wildman–Crippen LogP) is 2.80. The number of rotatable bonds is 5. The second-order valence-electron chi connectivity index (χ2n) is 9.13. The first-order valence-corrected chi connectivity index (χ1v) is 11.2.